The quantitative estimate of drug-likeness (QED) is 0.571. The van der Waals surface area contributed by atoms with Crippen LogP contribution in [0.5, 0.6) is 0 Å². The van der Waals surface area contributed by atoms with Crippen molar-refractivity contribution in [2.45, 2.75) is 53.2 Å². The number of carbonyl (C=O) groups is 3. The van der Waals surface area contributed by atoms with E-state index in [9.17, 15) is 14.4 Å². The van der Waals surface area contributed by atoms with Gasteiger partial charge >= 0.3 is 17.9 Å². The lowest BCUT2D eigenvalue weighted by molar-refractivity contribution is -0.166. The summed E-state index contributed by atoms with van der Waals surface area (Å²) < 4.78 is 13.7. The highest BCUT2D eigenvalue weighted by Crippen LogP contribution is 1.96. The van der Waals surface area contributed by atoms with Gasteiger partial charge in [-0.15, -0.1) is 0 Å². The first-order valence-corrected chi connectivity index (χ1v) is 6.50. The van der Waals surface area contributed by atoms with E-state index in [0.717, 1.165) is 0 Å². The first-order valence-electron chi connectivity index (χ1n) is 6.50. The van der Waals surface area contributed by atoms with Gasteiger partial charge in [0.05, 0.1) is 13.2 Å². The van der Waals surface area contributed by atoms with E-state index in [-0.39, 0.29) is 6.42 Å². The van der Waals surface area contributed by atoms with Crippen molar-refractivity contribution in [3.8, 4) is 0 Å². The predicted molar refractivity (Wildman–Crippen MR) is 70.8 cm³/mol. The zero-order valence-electron chi connectivity index (χ0n) is 12.7. The highest BCUT2D eigenvalue weighted by molar-refractivity contribution is 5.78. The summed E-state index contributed by atoms with van der Waals surface area (Å²) in [6.07, 6.45) is -1.52. The molecule has 0 aliphatic heterocycles. The number of aliphatic hydroxyl groups excluding tert-OH is 1. The van der Waals surface area contributed by atoms with Crippen molar-refractivity contribution in [3.05, 3.63) is 0 Å². The maximum Gasteiger partial charge on any atom is 0.347 e. The molecule has 1 N–H and O–H groups in total. The van der Waals surface area contributed by atoms with Crippen LogP contribution in [0.4, 0.5) is 0 Å². The molecule has 0 aromatic carbocycles. The van der Waals surface area contributed by atoms with Crippen LogP contribution in [0, 0.1) is 0 Å². The van der Waals surface area contributed by atoms with Gasteiger partial charge in [0.2, 0.25) is 0 Å². The lowest BCUT2D eigenvalue weighted by Gasteiger charge is -2.10. The molecule has 0 saturated carbocycles. The normalized spacial score (nSPS) is 12.3. The second kappa shape index (κ2) is 12.4. The molecule has 1 unspecified atom stereocenters. The molecule has 7 nitrogen and oxygen atoms in total. The highest BCUT2D eigenvalue weighted by Gasteiger charge is 2.17. The summed E-state index contributed by atoms with van der Waals surface area (Å²) >= 11 is 0. The average molecular weight is 292 g/mol. The molecule has 118 valence electrons. The van der Waals surface area contributed by atoms with Gasteiger partial charge in [-0.25, -0.2) is 9.59 Å². The van der Waals surface area contributed by atoms with Gasteiger partial charge in [0.25, 0.3) is 0 Å². The van der Waals surface area contributed by atoms with Crippen LogP contribution in [0.3, 0.4) is 0 Å². The topological polar surface area (TPSA) is 99.1 Å². The van der Waals surface area contributed by atoms with Gasteiger partial charge in [-0.1, -0.05) is 6.92 Å². The van der Waals surface area contributed by atoms with Crippen molar-refractivity contribution in [1.82, 2.24) is 0 Å². The summed E-state index contributed by atoms with van der Waals surface area (Å²) in [5.74, 6) is -1.46. The average Bonchev–Trinajstić information content (AvgIpc) is 2.39. The number of hydrogen-bond donors (Lipinski definition) is 1. The second-order valence-electron chi connectivity index (χ2n) is 3.67. The van der Waals surface area contributed by atoms with E-state index in [1.54, 1.807) is 20.8 Å². The Morgan fingerprint density at radius 1 is 0.950 bits per heavy atom. The standard InChI is InChI=1S/C8H14O4.C5H10O3/c1-4-7(9)12-6(3)8(10)11-5-2;1-3-8-5(7)4(2)6/h6H,4-5H2,1-3H3;4,6H,3H2,1-2H3/t6-;/m0./s1. The Labute approximate surface area is 119 Å². The summed E-state index contributed by atoms with van der Waals surface area (Å²) in [4.78, 5) is 31.9. The summed E-state index contributed by atoms with van der Waals surface area (Å²) in [7, 11) is 0. The van der Waals surface area contributed by atoms with Crippen LogP contribution < -0.4 is 0 Å². The second-order valence-corrected chi connectivity index (χ2v) is 3.67. The molecule has 0 fully saturated rings. The van der Waals surface area contributed by atoms with Crippen LogP contribution >= 0.6 is 0 Å². The molecule has 20 heavy (non-hydrogen) atoms. The highest BCUT2D eigenvalue weighted by atomic mass is 16.6. The molecule has 0 amide bonds. The van der Waals surface area contributed by atoms with Crippen molar-refractivity contribution in [2.24, 2.45) is 0 Å². The first kappa shape index (κ1) is 20.7. The van der Waals surface area contributed by atoms with Crippen LogP contribution in [-0.2, 0) is 28.6 Å². The Kier molecular flexibility index (Phi) is 12.8. The molecule has 0 rings (SSSR count). The lowest BCUT2D eigenvalue weighted by atomic mass is 10.4. The minimum absolute atomic E-state index is 0.268. The van der Waals surface area contributed by atoms with Gasteiger partial charge in [0, 0.05) is 6.42 Å². The number of aliphatic hydroxyl groups is 1. The van der Waals surface area contributed by atoms with Gasteiger partial charge in [-0.2, -0.15) is 0 Å². The minimum Gasteiger partial charge on any atom is -0.464 e. The summed E-state index contributed by atoms with van der Waals surface area (Å²) in [5, 5.41) is 8.48. The molecule has 0 aliphatic rings. The zero-order chi connectivity index (χ0) is 16.1. The minimum atomic E-state index is -0.991. The SMILES string of the molecule is CCOC(=O)C(C)O.CCOC(=O)[C@H](C)OC(=O)CC. The molecule has 2 atom stereocenters. The largest absolute Gasteiger partial charge is 0.464 e. The first-order chi connectivity index (χ1) is 9.29. The molecule has 0 aliphatic carbocycles. The van der Waals surface area contributed by atoms with Crippen LogP contribution in [-0.4, -0.2) is 48.4 Å². The zero-order valence-corrected chi connectivity index (χ0v) is 12.7. The Balaban J connectivity index is 0. The van der Waals surface area contributed by atoms with Crippen molar-refractivity contribution in [3.63, 3.8) is 0 Å². The third kappa shape index (κ3) is 11.5. The van der Waals surface area contributed by atoms with E-state index in [2.05, 4.69) is 9.47 Å². The van der Waals surface area contributed by atoms with Crippen LogP contribution in [0.1, 0.15) is 41.0 Å². The van der Waals surface area contributed by atoms with Crippen LogP contribution in [0.15, 0.2) is 0 Å². The number of esters is 3. The van der Waals surface area contributed by atoms with E-state index >= 15 is 0 Å². The number of ether oxygens (including phenoxy) is 3. The third-order valence-electron chi connectivity index (χ3n) is 1.84. The summed E-state index contributed by atoms with van der Waals surface area (Å²) in [5.41, 5.74) is 0. The monoisotopic (exact) mass is 292 g/mol. The van der Waals surface area contributed by atoms with Crippen molar-refractivity contribution in [1.29, 1.82) is 0 Å². The van der Waals surface area contributed by atoms with E-state index in [4.69, 9.17) is 9.84 Å². The smallest absolute Gasteiger partial charge is 0.347 e. The number of carbonyl (C=O) groups excluding carboxylic acids is 3. The molecule has 0 saturated heterocycles. The van der Waals surface area contributed by atoms with Gasteiger partial charge in [0.15, 0.2) is 6.10 Å². The maximum atomic E-state index is 10.9. The van der Waals surface area contributed by atoms with E-state index < -0.39 is 30.1 Å². The molecule has 0 radical (unpaired) electrons. The molecule has 0 aromatic heterocycles. The van der Waals surface area contributed by atoms with Crippen molar-refractivity contribution < 1.29 is 33.7 Å². The van der Waals surface area contributed by atoms with E-state index in [1.165, 1.54) is 13.8 Å². The Bertz CT molecular complexity index is 299. The fourth-order valence-corrected chi connectivity index (χ4v) is 0.851. The van der Waals surface area contributed by atoms with Crippen LogP contribution in [0.2, 0.25) is 0 Å². The molecular formula is C13H24O7. The van der Waals surface area contributed by atoms with Crippen molar-refractivity contribution >= 4 is 17.9 Å². The fraction of sp³-hybridized carbons (Fsp3) is 0.769. The molecule has 0 aromatic rings. The third-order valence-corrected chi connectivity index (χ3v) is 1.84. The van der Waals surface area contributed by atoms with Gasteiger partial charge in [0.1, 0.15) is 6.10 Å². The summed E-state index contributed by atoms with van der Waals surface area (Å²) in [6, 6.07) is 0. The Morgan fingerprint density at radius 3 is 1.70 bits per heavy atom. The number of rotatable bonds is 6. The number of hydrogen-bond acceptors (Lipinski definition) is 7. The summed E-state index contributed by atoms with van der Waals surface area (Å²) in [6.45, 7) is 8.55. The lowest BCUT2D eigenvalue weighted by Crippen LogP contribution is -2.25. The molecule has 0 spiro atoms. The van der Waals surface area contributed by atoms with Crippen molar-refractivity contribution in [2.75, 3.05) is 13.2 Å². The van der Waals surface area contributed by atoms with Crippen LogP contribution in [0.25, 0.3) is 0 Å². The van der Waals surface area contributed by atoms with Gasteiger partial charge < -0.3 is 19.3 Å². The molecule has 0 heterocycles. The van der Waals surface area contributed by atoms with Gasteiger partial charge in [-0.3, -0.25) is 4.79 Å². The Hall–Kier alpha value is -1.63. The fourth-order valence-electron chi connectivity index (χ4n) is 0.851. The van der Waals surface area contributed by atoms with Gasteiger partial charge in [-0.05, 0) is 27.7 Å². The predicted octanol–water partition coefficient (Wildman–Crippen LogP) is 0.821. The molecule has 7 heteroatoms. The molecular weight excluding hydrogens is 268 g/mol. The maximum absolute atomic E-state index is 10.9. The van der Waals surface area contributed by atoms with E-state index in [0.29, 0.717) is 13.2 Å². The Morgan fingerprint density at radius 2 is 1.40 bits per heavy atom. The van der Waals surface area contributed by atoms with E-state index in [1.807, 2.05) is 0 Å². The molecule has 0 bridgehead atoms.